The summed E-state index contributed by atoms with van der Waals surface area (Å²) in [5.74, 6) is -0.0751. The van der Waals surface area contributed by atoms with Gasteiger partial charge >= 0.3 is 0 Å². The molecule has 0 aliphatic heterocycles. The molecule has 0 aliphatic rings. The third-order valence-corrected chi connectivity index (χ3v) is 8.01. The highest BCUT2D eigenvalue weighted by Crippen LogP contribution is 2.35. The molecule has 4 nitrogen and oxygen atoms in total. The fourth-order valence-corrected chi connectivity index (χ4v) is 5.88. The molecule has 0 radical (unpaired) electrons. The maximum Gasteiger partial charge on any atom is 0.237 e. The molecule has 1 unspecified atom stereocenters. The molecule has 3 rings (SSSR count). The fourth-order valence-electron chi connectivity index (χ4n) is 3.74. The van der Waals surface area contributed by atoms with Crippen LogP contribution in [0.25, 0.3) is 5.57 Å². The monoisotopic (exact) mass is 502 g/mol. The highest BCUT2D eigenvalue weighted by atomic mass is 35.5. The first-order valence-corrected chi connectivity index (χ1v) is 13.2. The number of aliphatic hydroxyl groups excluding tert-OH is 1. The molecule has 7 heteroatoms. The Kier molecular flexibility index (Phi) is 9.71. The number of halogens is 1. The van der Waals surface area contributed by atoms with Crippen LogP contribution in [0.4, 0.5) is 0 Å². The summed E-state index contributed by atoms with van der Waals surface area (Å²) >= 11 is 9.47. The molecule has 0 spiro atoms. The zero-order valence-electron chi connectivity index (χ0n) is 19.3. The van der Waals surface area contributed by atoms with E-state index in [1.54, 1.807) is 22.7 Å². The molecule has 2 N–H and O–H groups in total. The lowest BCUT2D eigenvalue weighted by molar-refractivity contribution is -0.126. The first kappa shape index (κ1) is 25.7. The standard InChI is InChI=1S/C26H31ClN2O2S2/c1-18-11-15-32-24(18)22(25-19(2)12-16-33-25)5-4-13-29(3)23(10-14-30)26(31)28-17-20-6-8-21(27)9-7-20/h5-9,11-12,15-16,23,30H,4,10,13-14,17H2,1-3H3,(H,28,31). The van der Waals surface area contributed by atoms with Crippen LogP contribution >= 0.6 is 34.3 Å². The van der Waals surface area contributed by atoms with Gasteiger partial charge in [0.2, 0.25) is 5.91 Å². The van der Waals surface area contributed by atoms with Gasteiger partial charge in [0.1, 0.15) is 0 Å². The molecule has 176 valence electrons. The molecule has 2 heterocycles. The van der Waals surface area contributed by atoms with Gasteiger partial charge in [-0.05, 0) is 85.5 Å². The Balaban J connectivity index is 1.66. The number of aliphatic hydroxyl groups is 1. The van der Waals surface area contributed by atoms with Crippen molar-refractivity contribution >= 4 is 45.8 Å². The number of rotatable bonds is 11. The van der Waals surface area contributed by atoms with Crippen LogP contribution < -0.4 is 5.32 Å². The van der Waals surface area contributed by atoms with Crippen molar-refractivity contribution in [2.75, 3.05) is 20.2 Å². The minimum absolute atomic E-state index is 0.0345. The fraction of sp³-hybridized carbons (Fsp3) is 0.346. The number of aryl methyl sites for hydroxylation is 2. The predicted molar refractivity (Wildman–Crippen MR) is 141 cm³/mol. The van der Waals surface area contributed by atoms with E-state index in [9.17, 15) is 9.90 Å². The second-order valence-corrected chi connectivity index (χ2v) is 10.4. The average Bonchev–Trinajstić information content (AvgIpc) is 3.42. The number of amides is 1. The summed E-state index contributed by atoms with van der Waals surface area (Å²) in [5, 5.41) is 17.5. The van der Waals surface area contributed by atoms with Crippen LogP contribution in [0.15, 0.2) is 53.2 Å². The summed E-state index contributed by atoms with van der Waals surface area (Å²) in [7, 11) is 1.95. The number of benzene rings is 1. The lowest BCUT2D eigenvalue weighted by atomic mass is 10.0. The van der Waals surface area contributed by atoms with Crippen LogP contribution in [-0.2, 0) is 11.3 Å². The van der Waals surface area contributed by atoms with E-state index in [-0.39, 0.29) is 18.6 Å². The summed E-state index contributed by atoms with van der Waals surface area (Å²) < 4.78 is 0. The van der Waals surface area contributed by atoms with E-state index in [0.717, 1.165) is 18.5 Å². The summed E-state index contributed by atoms with van der Waals surface area (Å²) in [6.07, 6.45) is 3.50. The lowest BCUT2D eigenvalue weighted by Crippen LogP contribution is -2.45. The first-order chi connectivity index (χ1) is 15.9. The second kappa shape index (κ2) is 12.5. The lowest BCUT2D eigenvalue weighted by Gasteiger charge is -2.26. The number of nitrogens with zero attached hydrogens (tertiary/aromatic N) is 1. The van der Waals surface area contributed by atoms with Gasteiger partial charge in [-0.25, -0.2) is 0 Å². The first-order valence-electron chi connectivity index (χ1n) is 11.0. The molecule has 0 fully saturated rings. The summed E-state index contributed by atoms with van der Waals surface area (Å²) in [5.41, 5.74) is 4.83. The van der Waals surface area contributed by atoms with Crippen LogP contribution in [0.1, 0.15) is 39.3 Å². The SMILES string of the molecule is Cc1ccsc1C(=CCCN(C)C(CCO)C(=O)NCc1ccc(Cl)cc1)c1sccc1C. The van der Waals surface area contributed by atoms with Gasteiger partial charge in [-0.3, -0.25) is 9.69 Å². The van der Waals surface area contributed by atoms with E-state index in [0.29, 0.717) is 18.0 Å². The molecule has 3 aromatic rings. The van der Waals surface area contributed by atoms with Gasteiger partial charge in [0.25, 0.3) is 0 Å². The minimum atomic E-state index is -0.383. The third kappa shape index (κ3) is 7.01. The molecule has 2 aromatic heterocycles. The molecule has 0 bridgehead atoms. The Hall–Kier alpha value is -1.96. The van der Waals surface area contributed by atoms with Crippen molar-refractivity contribution in [3.8, 4) is 0 Å². The van der Waals surface area contributed by atoms with E-state index in [2.05, 4.69) is 48.1 Å². The maximum atomic E-state index is 12.9. The molecular formula is C26H31ClN2O2S2. The Morgan fingerprint density at radius 3 is 2.21 bits per heavy atom. The van der Waals surface area contributed by atoms with E-state index in [1.165, 1.54) is 26.5 Å². The van der Waals surface area contributed by atoms with Gasteiger partial charge in [-0.15, -0.1) is 22.7 Å². The highest BCUT2D eigenvalue weighted by molar-refractivity contribution is 7.14. The number of thiophene rings is 2. The van der Waals surface area contributed by atoms with Crippen molar-refractivity contribution in [1.29, 1.82) is 0 Å². The Morgan fingerprint density at radius 1 is 1.09 bits per heavy atom. The van der Waals surface area contributed by atoms with Crippen molar-refractivity contribution in [3.63, 3.8) is 0 Å². The number of nitrogens with one attached hydrogen (secondary N) is 1. The largest absolute Gasteiger partial charge is 0.396 e. The molecule has 0 saturated heterocycles. The topological polar surface area (TPSA) is 52.6 Å². The van der Waals surface area contributed by atoms with E-state index < -0.39 is 0 Å². The molecule has 33 heavy (non-hydrogen) atoms. The molecule has 1 aromatic carbocycles. The molecule has 1 amide bonds. The van der Waals surface area contributed by atoms with Crippen molar-refractivity contribution in [1.82, 2.24) is 10.2 Å². The average molecular weight is 503 g/mol. The zero-order chi connectivity index (χ0) is 23.8. The normalized spacial score (nSPS) is 12.1. The number of hydrogen-bond acceptors (Lipinski definition) is 5. The van der Waals surface area contributed by atoms with Crippen LogP contribution in [-0.4, -0.2) is 42.2 Å². The van der Waals surface area contributed by atoms with Crippen molar-refractivity contribution in [3.05, 3.63) is 84.7 Å². The highest BCUT2D eigenvalue weighted by Gasteiger charge is 2.22. The predicted octanol–water partition coefficient (Wildman–Crippen LogP) is 5.90. The van der Waals surface area contributed by atoms with Crippen LogP contribution in [0.3, 0.4) is 0 Å². The quantitative estimate of drug-likeness (QED) is 0.343. The van der Waals surface area contributed by atoms with Crippen molar-refractivity contribution < 1.29 is 9.90 Å². The van der Waals surface area contributed by atoms with Gasteiger partial charge in [-0.1, -0.05) is 29.8 Å². The molecule has 0 aliphatic carbocycles. The zero-order valence-corrected chi connectivity index (χ0v) is 21.7. The van der Waals surface area contributed by atoms with Crippen LogP contribution in [0.2, 0.25) is 5.02 Å². The van der Waals surface area contributed by atoms with Crippen molar-refractivity contribution in [2.24, 2.45) is 0 Å². The van der Waals surface area contributed by atoms with E-state index in [1.807, 2.05) is 36.2 Å². The van der Waals surface area contributed by atoms with Crippen molar-refractivity contribution in [2.45, 2.75) is 39.3 Å². The summed E-state index contributed by atoms with van der Waals surface area (Å²) in [6, 6.07) is 11.4. The Labute approximate surface area is 209 Å². The molecule has 1 atom stereocenters. The maximum absolute atomic E-state index is 12.9. The van der Waals surface area contributed by atoms with Gasteiger partial charge < -0.3 is 10.4 Å². The molecule has 0 saturated carbocycles. The van der Waals surface area contributed by atoms with Crippen LogP contribution in [0.5, 0.6) is 0 Å². The Bertz CT molecular complexity index is 1030. The summed E-state index contributed by atoms with van der Waals surface area (Å²) in [6.45, 7) is 5.42. The van der Waals surface area contributed by atoms with E-state index in [4.69, 9.17) is 11.6 Å². The van der Waals surface area contributed by atoms with Gasteiger partial charge in [-0.2, -0.15) is 0 Å². The minimum Gasteiger partial charge on any atom is -0.396 e. The number of carbonyl (C=O) groups excluding carboxylic acids is 1. The number of hydrogen-bond donors (Lipinski definition) is 2. The number of likely N-dealkylation sites (N-methyl/N-ethyl adjacent to an activating group) is 1. The van der Waals surface area contributed by atoms with Gasteiger partial charge in [0.05, 0.1) is 6.04 Å². The Morgan fingerprint density at radius 2 is 1.70 bits per heavy atom. The third-order valence-electron chi connectivity index (χ3n) is 5.66. The molecular weight excluding hydrogens is 472 g/mol. The van der Waals surface area contributed by atoms with Gasteiger partial charge in [0, 0.05) is 40.0 Å². The summed E-state index contributed by atoms with van der Waals surface area (Å²) in [4.78, 5) is 17.5. The smallest absolute Gasteiger partial charge is 0.237 e. The van der Waals surface area contributed by atoms with Crippen LogP contribution in [0, 0.1) is 13.8 Å². The van der Waals surface area contributed by atoms with Gasteiger partial charge in [0.15, 0.2) is 0 Å². The van der Waals surface area contributed by atoms with E-state index >= 15 is 0 Å². The number of carbonyl (C=O) groups is 1. The second-order valence-electron chi connectivity index (χ2n) is 8.12.